The molecule has 0 aliphatic carbocycles. The number of carbonyl (C=O) groups excluding carboxylic acids is 3. The summed E-state index contributed by atoms with van der Waals surface area (Å²) in [5.41, 5.74) is 0. The van der Waals surface area contributed by atoms with Crippen LogP contribution >= 0.6 is 0 Å². The van der Waals surface area contributed by atoms with Crippen LogP contribution in [0.25, 0.3) is 0 Å². The minimum Gasteiger partial charge on any atom is -0.462 e. The summed E-state index contributed by atoms with van der Waals surface area (Å²) in [6, 6.07) is 0. The maximum absolute atomic E-state index is 12.9. The third kappa shape index (κ3) is 57.5. The number of unbranched alkanes of at least 4 members (excludes halogenated alkanes) is 30. The smallest absolute Gasteiger partial charge is 0.306 e. The molecule has 0 aromatic rings. The van der Waals surface area contributed by atoms with Crippen molar-refractivity contribution in [2.75, 3.05) is 13.2 Å². The lowest BCUT2D eigenvalue weighted by Crippen LogP contribution is -2.30. The second kappa shape index (κ2) is 60.1. The summed E-state index contributed by atoms with van der Waals surface area (Å²) >= 11 is 0. The van der Waals surface area contributed by atoms with Crippen LogP contribution in [0.3, 0.4) is 0 Å². The highest BCUT2D eigenvalue weighted by molar-refractivity contribution is 5.71. The molecule has 0 aromatic carbocycles. The summed E-state index contributed by atoms with van der Waals surface area (Å²) in [5, 5.41) is 0. The topological polar surface area (TPSA) is 78.9 Å². The Morgan fingerprint density at radius 2 is 0.542 bits per heavy atom. The van der Waals surface area contributed by atoms with Crippen LogP contribution in [0.5, 0.6) is 0 Å². The molecule has 1 atom stereocenters. The van der Waals surface area contributed by atoms with Crippen molar-refractivity contribution in [3.63, 3.8) is 0 Å². The van der Waals surface area contributed by atoms with E-state index in [0.717, 1.165) is 116 Å². The summed E-state index contributed by atoms with van der Waals surface area (Å²) in [6.07, 6.45) is 78.6. The Morgan fingerprint density at radius 3 is 0.847 bits per heavy atom. The Morgan fingerprint density at radius 1 is 0.292 bits per heavy atom. The molecule has 0 amide bonds. The van der Waals surface area contributed by atoms with Gasteiger partial charge in [0, 0.05) is 19.3 Å². The second-order valence-electron chi connectivity index (χ2n) is 20.2. The first-order valence-corrected chi connectivity index (χ1v) is 30.6. The van der Waals surface area contributed by atoms with Crippen molar-refractivity contribution < 1.29 is 28.6 Å². The molecule has 0 saturated carbocycles. The number of allylic oxidation sites excluding steroid dienone is 14. The van der Waals surface area contributed by atoms with Crippen LogP contribution in [0.4, 0.5) is 0 Å². The van der Waals surface area contributed by atoms with Crippen molar-refractivity contribution in [3.05, 3.63) is 85.1 Å². The summed E-state index contributed by atoms with van der Waals surface area (Å²) in [6.45, 7) is 6.43. The molecule has 0 radical (unpaired) electrons. The zero-order chi connectivity index (χ0) is 52.2. The normalized spacial score (nSPS) is 12.7. The molecule has 6 heteroatoms. The summed E-state index contributed by atoms with van der Waals surface area (Å²) in [4.78, 5) is 38.3. The number of hydrogen-bond acceptors (Lipinski definition) is 6. The van der Waals surface area contributed by atoms with Crippen molar-refractivity contribution in [2.24, 2.45) is 0 Å². The van der Waals surface area contributed by atoms with E-state index in [4.69, 9.17) is 14.2 Å². The summed E-state index contributed by atoms with van der Waals surface area (Å²) < 4.78 is 16.9. The second-order valence-corrected chi connectivity index (χ2v) is 20.2. The van der Waals surface area contributed by atoms with Crippen molar-refractivity contribution in [2.45, 2.75) is 303 Å². The van der Waals surface area contributed by atoms with Gasteiger partial charge >= 0.3 is 17.9 Å². The summed E-state index contributed by atoms with van der Waals surface area (Å²) in [5.74, 6) is -0.895. The van der Waals surface area contributed by atoms with Crippen LogP contribution < -0.4 is 0 Å². The van der Waals surface area contributed by atoms with Gasteiger partial charge in [-0.3, -0.25) is 14.4 Å². The van der Waals surface area contributed by atoms with Crippen molar-refractivity contribution in [1.82, 2.24) is 0 Å². The predicted molar refractivity (Wildman–Crippen MR) is 311 cm³/mol. The van der Waals surface area contributed by atoms with E-state index >= 15 is 0 Å². The van der Waals surface area contributed by atoms with Crippen LogP contribution in [0.2, 0.25) is 0 Å². The highest BCUT2D eigenvalue weighted by Gasteiger charge is 2.19. The minimum absolute atomic E-state index is 0.0844. The Labute approximate surface area is 445 Å². The van der Waals surface area contributed by atoms with E-state index < -0.39 is 6.10 Å². The summed E-state index contributed by atoms with van der Waals surface area (Å²) in [7, 11) is 0. The van der Waals surface area contributed by atoms with Crippen LogP contribution in [0, 0.1) is 0 Å². The molecule has 0 bridgehead atoms. The molecule has 0 spiro atoms. The zero-order valence-electron chi connectivity index (χ0n) is 47.4. The van der Waals surface area contributed by atoms with Gasteiger partial charge in [-0.15, -0.1) is 0 Å². The molecule has 0 aliphatic heterocycles. The molecule has 0 aromatic heterocycles. The van der Waals surface area contributed by atoms with E-state index in [1.807, 2.05) is 0 Å². The van der Waals surface area contributed by atoms with Gasteiger partial charge in [0.2, 0.25) is 0 Å². The van der Waals surface area contributed by atoms with Gasteiger partial charge in [0.25, 0.3) is 0 Å². The maximum atomic E-state index is 12.9. The number of ether oxygens (including phenoxy) is 3. The first kappa shape index (κ1) is 68.6. The quantitative estimate of drug-likeness (QED) is 0.0261. The molecule has 0 heterocycles. The van der Waals surface area contributed by atoms with E-state index in [1.165, 1.54) is 141 Å². The van der Waals surface area contributed by atoms with Gasteiger partial charge in [-0.25, -0.2) is 0 Å². The van der Waals surface area contributed by atoms with Crippen LogP contribution in [0.15, 0.2) is 85.1 Å². The van der Waals surface area contributed by atoms with Gasteiger partial charge in [-0.1, -0.05) is 273 Å². The van der Waals surface area contributed by atoms with E-state index in [-0.39, 0.29) is 31.1 Å². The Kier molecular flexibility index (Phi) is 57.3. The number of hydrogen-bond donors (Lipinski definition) is 0. The number of esters is 3. The number of rotatable bonds is 55. The average Bonchev–Trinajstić information content (AvgIpc) is 3.38. The minimum atomic E-state index is -0.787. The number of carbonyl (C=O) groups is 3. The fourth-order valence-electron chi connectivity index (χ4n) is 8.63. The van der Waals surface area contributed by atoms with Gasteiger partial charge in [0.1, 0.15) is 13.2 Å². The van der Waals surface area contributed by atoms with Crippen molar-refractivity contribution >= 4 is 17.9 Å². The molecular formula is C66H114O6. The molecule has 1 unspecified atom stereocenters. The van der Waals surface area contributed by atoms with Gasteiger partial charge in [-0.05, 0) is 89.9 Å². The Balaban J connectivity index is 4.40. The van der Waals surface area contributed by atoms with Gasteiger partial charge in [0.05, 0.1) is 0 Å². The first-order chi connectivity index (χ1) is 35.5. The maximum Gasteiger partial charge on any atom is 0.306 e. The molecule has 0 saturated heterocycles. The highest BCUT2D eigenvalue weighted by atomic mass is 16.6. The largest absolute Gasteiger partial charge is 0.462 e. The molecule has 0 fully saturated rings. The van der Waals surface area contributed by atoms with Crippen LogP contribution in [-0.2, 0) is 28.6 Å². The first-order valence-electron chi connectivity index (χ1n) is 30.6. The van der Waals surface area contributed by atoms with Gasteiger partial charge in [-0.2, -0.15) is 0 Å². The molecule has 0 aliphatic rings. The highest BCUT2D eigenvalue weighted by Crippen LogP contribution is 2.16. The fraction of sp³-hybridized carbons (Fsp3) is 0.742. The zero-order valence-corrected chi connectivity index (χ0v) is 47.4. The third-order valence-corrected chi connectivity index (χ3v) is 13.1. The van der Waals surface area contributed by atoms with Gasteiger partial charge in [0.15, 0.2) is 6.10 Å². The molecule has 0 rings (SSSR count). The molecule has 414 valence electrons. The standard InChI is InChI=1S/C66H114O6/c1-4-7-10-13-16-19-22-25-28-31-33-36-38-41-44-47-50-53-56-59-65(68)71-62-63(61-70-64(67)58-55-52-49-46-43-40-37-34-30-27-24-21-18-15-12-9-6-3)72-66(69)60-57-54-51-48-45-42-39-35-32-29-26-23-20-17-14-11-8-5-2/h7,9-10,12,16,18-19,21,25,27-28,30,33,36,63H,4-6,8,11,13-15,17,20,22-24,26,29,31-32,34-35,37-62H2,1-3H3/b10-7-,12-9-,19-16-,21-18-,28-25-,30-27-,36-33-. The molecular weight excluding hydrogens is 889 g/mol. The fourth-order valence-corrected chi connectivity index (χ4v) is 8.63. The molecule has 6 nitrogen and oxygen atoms in total. The van der Waals surface area contributed by atoms with Crippen LogP contribution in [-0.4, -0.2) is 37.2 Å². The van der Waals surface area contributed by atoms with Crippen molar-refractivity contribution in [1.29, 1.82) is 0 Å². The van der Waals surface area contributed by atoms with E-state index in [0.29, 0.717) is 19.3 Å². The SMILES string of the molecule is CC/C=C\C/C=C\C/C=C\C/C=C\CCCCCCCCC(=O)OCC(COC(=O)CCCCCCCCC/C=C\C/C=C\C/C=C\CC)OC(=O)CCCCCCCCCCCCCCCCCCCC. The molecule has 72 heavy (non-hydrogen) atoms. The third-order valence-electron chi connectivity index (χ3n) is 13.1. The lowest BCUT2D eigenvalue weighted by atomic mass is 10.0. The monoisotopic (exact) mass is 1000 g/mol. The lowest BCUT2D eigenvalue weighted by Gasteiger charge is -2.18. The average molecular weight is 1000 g/mol. The Bertz CT molecular complexity index is 1380. The van der Waals surface area contributed by atoms with Crippen LogP contribution in [0.1, 0.15) is 297 Å². The van der Waals surface area contributed by atoms with E-state index in [2.05, 4.69) is 106 Å². The van der Waals surface area contributed by atoms with E-state index in [1.54, 1.807) is 0 Å². The van der Waals surface area contributed by atoms with E-state index in [9.17, 15) is 14.4 Å². The van der Waals surface area contributed by atoms with Gasteiger partial charge < -0.3 is 14.2 Å². The predicted octanol–water partition coefficient (Wildman–Crippen LogP) is 20.7. The molecule has 0 N–H and O–H groups in total. The van der Waals surface area contributed by atoms with Crippen molar-refractivity contribution in [3.8, 4) is 0 Å². The Hall–Kier alpha value is -3.41. The lowest BCUT2D eigenvalue weighted by molar-refractivity contribution is -0.167.